The summed E-state index contributed by atoms with van der Waals surface area (Å²) in [5.74, 6) is 0. The molecule has 0 bridgehead atoms. The highest BCUT2D eigenvalue weighted by Crippen LogP contribution is 2.29. The molecule has 0 radical (unpaired) electrons. The number of nitrogens with zero attached hydrogens (tertiary/aromatic N) is 2. The molecule has 1 aromatic rings. The van der Waals surface area contributed by atoms with Gasteiger partial charge in [-0.1, -0.05) is 6.92 Å². The molecule has 108 valence electrons. The zero-order valence-corrected chi connectivity index (χ0v) is 12.1. The third kappa shape index (κ3) is 3.33. The number of aromatic nitrogens is 1. The molecular weight excluding hydrogens is 278 g/mol. The fraction of sp³-hybridized carbons (Fsp3) is 0.538. The molecule has 1 saturated heterocycles. The molecule has 1 N–H and O–H groups in total. The summed E-state index contributed by atoms with van der Waals surface area (Å²) in [6.45, 7) is 3.66. The average Bonchev–Trinajstić information content (AvgIpc) is 2.46. The van der Waals surface area contributed by atoms with Gasteiger partial charge in [0.2, 0.25) is 10.0 Å². The SMILES string of the molecule is CC1(CNS(=O)(=O)c2cccnc2C#N)CCOCC1. The Hall–Kier alpha value is -1.49. The van der Waals surface area contributed by atoms with Gasteiger partial charge in [0, 0.05) is 26.0 Å². The number of rotatable bonds is 4. The lowest BCUT2D eigenvalue weighted by atomic mass is 9.83. The molecule has 2 rings (SSSR count). The van der Waals surface area contributed by atoms with Crippen LogP contribution in [0.5, 0.6) is 0 Å². The summed E-state index contributed by atoms with van der Waals surface area (Å²) in [6.07, 6.45) is 3.03. The topological polar surface area (TPSA) is 92.1 Å². The Labute approximate surface area is 118 Å². The van der Waals surface area contributed by atoms with E-state index >= 15 is 0 Å². The lowest BCUT2D eigenvalue weighted by Crippen LogP contribution is -2.39. The van der Waals surface area contributed by atoms with E-state index in [0.29, 0.717) is 19.8 Å². The van der Waals surface area contributed by atoms with E-state index in [0.717, 1.165) is 12.8 Å². The number of nitrogens with one attached hydrogen (secondary N) is 1. The van der Waals surface area contributed by atoms with Gasteiger partial charge >= 0.3 is 0 Å². The minimum Gasteiger partial charge on any atom is -0.381 e. The number of hydrogen-bond acceptors (Lipinski definition) is 5. The Morgan fingerprint density at radius 3 is 2.85 bits per heavy atom. The van der Waals surface area contributed by atoms with E-state index in [1.54, 1.807) is 6.07 Å². The predicted octanol–water partition coefficient (Wildman–Crippen LogP) is 1.05. The largest absolute Gasteiger partial charge is 0.381 e. The van der Waals surface area contributed by atoms with Crippen LogP contribution in [0.3, 0.4) is 0 Å². The summed E-state index contributed by atoms with van der Waals surface area (Å²) in [4.78, 5) is 3.70. The van der Waals surface area contributed by atoms with Crippen molar-refractivity contribution >= 4 is 10.0 Å². The molecule has 1 aromatic heterocycles. The third-order valence-electron chi connectivity index (χ3n) is 3.55. The molecule has 0 aliphatic carbocycles. The lowest BCUT2D eigenvalue weighted by Gasteiger charge is -2.33. The predicted molar refractivity (Wildman–Crippen MR) is 72.3 cm³/mol. The maximum atomic E-state index is 12.3. The Kier molecular flexibility index (Phi) is 4.38. The molecule has 20 heavy (non-hydrogen) atoms. The van der Waals surface area contributed by atoms with Gasteiger partial charge in [0.25, 0.3) is 0 Å². The van der Waals surface area contributed by atoms with Crippen molar-refractivity contribution in [1.29, 1.82) is 5.26 Å². The summed E-state index contributed by atoms with van der Waals surface area (Å²) in [5, 5.41) is 8.93. The van der Waals surface area contributed by atoms with Gasteiger partial charge in [0.15, 0.2) is 5.69 Å². The standard InChI is InChI=1S/C13H17N3O3S/c1-13(4-7-19-8-5-13)10-16-20(17,18)12-3-2-6-15-11(12)9-14/h2-3,6,16H,4-5,7-8,10H2,1H3. The molecule has 0 atom stereocenters. The first-order valence-electron chi connectivity index (χ1n) is 6.39. The van der Waals surface area contributed by atoms with Crippen molar-refractivity contribution in [2.75, 3.05) is 19.8 Å². The van der Waals surface area contributed by atoms with Crippen LogP contribution in [0.4, 0.5) is 0 Å². The molecular formula is C13H17N3O3S. The van der Waals surface area contributed by atoms with Gasteiger partial charge in [0.1, 0.15) is 11.0 Å². The van der Waals surface area contributed by atoms with Crippen molar-refractivity contribution in [1.82, 2.24) is 9.71 Å². The molecule has 1 aliphatic rings. The van der Waals surface area contributed by atoms with E-state index in [1.165, 1.54) is 18.3 Å². The second-order valence-electron chi connectivity index (χ2n) is 5.21. The highest BCUT2D eigenvalue weighted by atomic mass is 32.2. The first-order valence-corrected chi connectivity index (χ1v) is 7.88. The third-order valence-corrected chi connectivity index (χ3v) is 4.99. The highest BCUT2D eigenvalue weighted by molar-refractivity contribution is 7.89. The van der Waals surface area contributed by atoms with Crippen molar-refractivity contribution in [3.05, 3.63) is 24.0 Å². The van der Waals surface area contributed by atoms with Gasteiger partial charge in [-0.15, -0.1) is 0 Å². The molecule has 6 nitrogen and oxygen atoms in total. The van der Waals surface area contributed by atoms with Crippen LogP contribution in [0.15, 0.2) is 23.2 Å². The zero-order valence-electron chi connectivity index (χ0n) is 11.3. The van der Waals surface area contributed by atoms with Crippen molar-refractivity contribution in [2.24, 2.45) is 5.41 Å². The first-order chi connectivity index (χ1) is 9.47. The molecule has 2 heterocycles. The summed E-state index contributed by atoms with van der Waals surface area (Å²) in [5.41, 5.74) is -0.197. The van der Waals surface area contributed by atoms with Crippen LogP contribution >= 0.6 is 0 Å². The van der Waals surface area contributed by atoms with Gasteiger partial charge in [-0.05, 0) is 30.4 Å². The van der Waals surface area contributed by atoms with Gasteiger partial charge in [-0.2, -0.15) is 5.26 Å². The fourth-order valence-electron chi connectivity index (χ4n) is 2.08. The van der Waals surface area contributed by atoms with Gasteiger partial charge in [0.05, 0.1) is 0 Å². The van der Waals surface area contributed by atoms with Gasteiger partial charge in [-0.25, -0.2) is 18.1 Å². The van der Waals surface area contributed by atoms with E-state index in [9.17, 15) is 8.42 Å². The minimum absolute atomic E-state index is 0.0711. The number of ether oxygens (including phenoxy) is 1. The number of pyridine rings is 1. The lowest BCUT2D eigenvalue weighted by molar-refractivity contribution is 0.0264. The Morgan fingerprint density at radius 2 is 2.20 bits per heavy atom. The maximum Gasteiger partial charge on any atom is 0.243 e. The smallest absolute Gasteiger partial charge is 0.243 e. The van der Waals surface area contributed by atoms with Gasteiger partial charge < -0.3 is 4.74 Å². The number of hydrogen-bond donors (Lipinski definition) is 1. The second-order valence-corrected chi connectivity index (χ2v) is 6.94. The molecule has 1 aliphatic heterocycles. The summed E-state index contributed by atoms with van der Waals surface area (Å²) in [7, 11) is -3.72. The molecule has 1 fully saturated rings. The Bertz CT molecular complexity index is 616. The molecule has 7 heteroatoms. The Balaban J connectivity index is 2.14. The summed E-state index contributed by atoms with van der Waals surface area (Å²) < 4.78 is 32.4. The van der Waals surface area contributed by atoms with Crippen LogP contribution in [0.1, 0.15) is 25.5 Å². The first kappa shape index (κ1) is 14.9. The average molecular weight is 295 g/mol. The molecule has 0 amide bonds. The minimum atomic E-state index is -3.72. The van der Waals surface area contributed by atoms with E-state index in [4.69, 9.17) is 10.00 Å². The van der Waals surface area contributed by atoms with Crippen LogP contribution in [0, 0.1) is 16.7 Å². The van der Waals surface area contributed by atoms with E-state index in [2.05, 4.69) is 9.71 Å². The zero-order chi connectivity index (χ0) is 14.6. The van der Waals surface area contributed by atoms with Crippen molar-refractivity contribution in [2.45, 2.75) is 24.7 Å². The van der Waals surface area contributed by atoms with Crippen LogP contribution in [0.25, 0.3) is 0 Å². The van der Waals surface area contributed by atoms with Gasteiger partial charge in [-0.3, -0.25) is 0 Å². The summed E-state index contributed by atoms with van der Waals surface area (Å²) in [6, 6.07) is 4.69. The highest BCUT2D eigenvalue weighted by Gasteiger charge is 2.30. The molecule has 0 unspecified atom stereocenters. The van der Waals surface area contributed by atoms with Crippen LogP contribution in [-0.2, 0) is 14.8 Å². The molecule has 0 aromatic carbocycles. The monoisotopic (exact) mass is 295 g/mol. The van der Waals surface area contributed by atoms with E-state index < -0.39 is 10.0 Å². The van der Waals surface area contributed by atoms with Crippen LogP contribution in [0.2, 0.25) is 0 Å². The molecule has 0 spiro atoms. The molecule has 0 saturated carbocycles. The maximum absolute atomic E-state index is 12.3. The fourth-order valence-corrected chi connectivity index (χ4v) is 3.38. The van der Waals surface area contributed by atoms with E-state index in [-0.39, 0.29) is 16.0 Å². The number of nitriles is 1. The van der Waals surface area contributed by atoms with Crippen molar-refractivity contribution < 1.29 is 13.2 Å². The van der Waals surface area contributed by atoms with Crippen molar-refractivity contribution in [3.8, 4) is 6.07 Å². The number of sulfonamides is 1. The second kappa shape index (κ2) is 5.87. The summed E-state index contributed by atoms with van der Waals surface area (Å²) >= 11 is 0. The van der Waals surface area contributed by atoms with Crippen LogP contribution < -0.4 is 4.72 Å². The quantitative estimate of drug-likeness (QED) is 0.896. The Morgan fingerprint density at radius 1 is 1.50 bits per heavy atom. The van der Waals surface area contributed by atoms with Crippen LogP contribution in [-0.4, -0.2) is 33.2 Å². The van der Waals surface area contributed by atoms with Crippen molar-refractivity contribution in [3.63, 3.8) is 0 Å². The van der Waals surface area contributed by atoms with E-state index in [1.807, 2.05) is 6.92 Å². The normalized spacial score (nSPS) is 18.4.